The monoisotopic (exact) mass is 178 g/mol. The van der Waals surface area contributed by atoms with Gasteiger partial charge >= 0.3 is 0 Å². The molecule has 2 unspecified atom stereocenters. The van der Waals surface area contributed by atoms with Gasteiger partial charge in [-0.2, -0.15) is 0 Å². The number of hydrogen-bond acceptors (Lipinski definition) is 3. The Bertz CT molecular complexity index is 381. The third-order valence-corrected chi connectivity index (χ3v) is 2.58. The summed E-state index contributed by atoms with van der Waals surface area (Å²) < 4.78 is 0. The van der Waals surface area contributed by atoms with Gasteiger partial charge in [0.1, 0.15) is 5.69 Å². The lowest BCUT2D eigenvalue weighted by atomic mass is 9.82. The van der Waals surface area contributed by atoms with Crippen molar-refractivity contribution in [1.29, 1.82) is 0 Å². The number of carbonyl (C=O) groups is 2. The topological polar surface area (TPSA) is 62.8 Å². The van der Waals surface area contributed by atoms with Crippen LogP contribution < -0.4 is 0 Å². The maximum Gasteiger partial charge on any atom is 0.193 e. The fourth-order valence-corrected chi connectivity index (χ4v) is 1.68. The van der Waals surface area contributed by atoms with E-state index in [0.717, 1.165) is 0 Å². The van der Waals surface area contributed by atoms with Gasteiger partial charge in [0.15, 0.2) is 11.6 Å². The van der Waals surface area contributed by atoms with Gasteiger partial charge in [0.25, 0.3) is 0 Å². The number of aromatic amines is 1. The summed E-state index contributed by atoms with van der Waals surface area (Å²) in [5, 5.41) is 0. The summed E-state index contributed by atoms with van der Waals surface area (Å²) in [5.41, 5.74) is 1.09. The van der Waals surface area contributed by atoms with Gasteiger partial charge in [-0.1, -0.05) is 0 Å². The first-order chi connectivity index (χ1) is 6.13. The average Bonchev–Trinajstić information content (AvgIpc) is 2.59. The molecule has 1 aromatic rings. The van der Waals surface area contributed by atoms with E-state index in [1.807, 2.05) is 0 Å². The highest BCUT2D eigenvalue weighted by atomic mass is 16.2. The van der Waals surface area contributed by atoms with Gasteiger partial charge < -0.3 is 4.98 Å². The van der Waals surface area contributed by atoms with E-state index in [-0.39, 0.29) is 17.5 Å². The minimum atomic E-state index is -0.536. The molecule has 0 amide bonds. The molecule has 0 fully saturated rings. The highest BCUT2D eigenvalue weighted by molar-refractivity contribution is 6.15. The van der Waals surface area contributed by atoms with Crippen LogP contribution in [0.15, 0.2) is 6.33 Å². The first-order valence-corrected chi connectivity index (χ1v) is 4.24. The van der Waals surface area contributed by atoms with Gasteiger partial charge in [-0.15, -0.1) is 0 Å². The zero-order valence-electron chi connectivity index (χ0n) is 7.50. The summed E-state index contributed by atoms with van der Waals surface area (Å²) in [7, 11) is 0. The standard InChI is InChI=1S/C9H10N2O2/c1-4-6-7(11-3-10-6)9(13)5(2)8(4)12/h3-5H,1-2H3,(H,10,11). The minimum Gasteiger partial charge on any atom is -0.347 e. The maximum atomic E-state index is 11.5. The Morgan fingerprint density at radius 2 is 2.00 bits per heavy atom. The molecule has 2 atom stereocenters. The summed E-state index contributed by atoms with van der Waals surface area (Å²) in [5.74, 6) is -0.961. The number of carbonyl (C=O) groups excluding carboxylic acids is 2. The molecule has 4 heteroatoms. The van der Waals surface area contributed by atoms with Crippen molar-refractivity contribution in [3.63, 3.8) is 0 Å². The second-order valence-corrected chi connectivity index (χ2v) is 3.37. The van der Waals surface area contributed by atoms with E-state index in [4.69, 9.17) is 0 Å². The Morgan fingerprint density at radius 3 is 2.69 bits per heavy atom. The van der Waals surface area contributed by atoms with E-state index in [9.17, 15) is 9.59 Å². The van der Waals surface area contributed by atoms with Gasteiger partial charge in [0.2, 0.25) is 0 Å². The van der Waals surface area contributed by atoms with E-state index in [1.165, 1.54) is 6.33 Å². The number of ketones is 2. The summed E-state index contributed by atoms with van der Waals surface area (Å²) in [6.07, 6.45) is 1.46. The number of aromatic nitrogens is 2. The third kappa shape index (κ3) is 0.946. The van der Waals surface area contributed by atoms with Crippen molar-refractivity contribution in [1.82, 2.24) is 9.97 Å². The van der Waals surface area contributed by atoms with Crippen molar-refractivity contribution in [2.24, 2.45) is 5.92 Å². The third-order valence-electron chi connectivity index (χ3n) is 2.58. The van der Waals surface area contributed by atoms with Crippen LogP contribution in [-0.2, 0) is 4.79 Å². The van der Waals surface area contributed by atoms with E-state index < -0.39 is 5.92 Å². The number of Topliss-reactive ketones (excluding diaryl/α,β-unsaturated/α-hetero) is 2. The van der Waals surface area contributed by atoms with Crippen molar-refractivity contribution in [3.8, 4) is 0 Å². The lowest BCUT2D eigenvalue weighted by molar-refractivity contribution is -0.122. The van der Waals surface area contributed by atoms with Crippen LogP contribution in [0.3, 0.4) is 0 Å². The van der Waals surface area contributed by atoms with Crippen LogP contribution in [0.5, 0.6) is 0 Å². The molecule has 0 spiro atoms. The minimum absolute atomic E-state index is 0.0262. The second kappa shape index (κ2) is 2.52. The van der Waals surface area contributed by atoms with Crippen molar-refractivity contribution in [3.05, 3.63) is 17.7 Å². The number of rotatable bonds is 0. The van der Waals surface area contributed by atoms with Gasteiger partial charge in [0, 0.05) is 0 Å². The number of hydrogen-bond donors (Lipinski definition) is 1. The van der Waals surface area contributed by atoms with Gasteiger partial charge in [-0.3, -0.25) is 9.59 Å². The normalized spacial score (nSPS) is 27.5. The molecule has 0 radical (unpaired) electrons. The molecule has 2 rings (SSSR count). The zero-order valence-corrected chi connectivity index (χ0v) is 7.50. The van der Waals surface area contributed by atoms with Gasteiger partial charge in [-0.05, 0) is 13.8 Å². The van der Waals surface area contributed by atoms with Crippen molar-refractivity contribution >= 4 is 11.6 Å². The number of fused-ring (bicyclic) bond motifs is 1. The van der Waals surface area contributed by atoms with Crippen LogP contribution in [0.1, 0.15) is 35.9 Å². The molecule has 1 N–H and O–H groups in total. The SMILES string of the molecule is CC1C(=O)c2nc[nH]c2C(C)C1=O. The molecule has 0 saturated heterocycles. The molecular weight excluding hydrogens is 168 g/mol. The van der Waals surface area contributed by atoms with Crippen LogP contribution in [0.4, 0.5) is 0 Å². The molecule has 1 aliphatic carbocycles. The van der Waals surface area contributed by atoms with Crippen LogP contribution in [0.2, 0.25) is 0 Å². The maximum absolute atomic E-state index is 11.5. The van der Waals surface area contributed by atoms with Crippen LogP contribution in [-0.4, -0.2) is 21.5 Å². The first-order valence-electron chi connectivity index (χ1n) is 4.24. The molecule has 1 aliphatic rings. The Balaban J connectivity index is 2.59. The summed E-state index contributed by atoms with van der Waals surface area (Å²) >= 11 is 0. The number of nitrogens with zero attached hydrogens (tertiary/aromatic N) is 1. The Labute approximate surface area is 75.4 Å². The largest absolute Gasteiger partial charge is 0.347 e. The fraction of sp³-hybridized carbons (Fsp3) is 0.444. The highest BCUT2D eigenvalue weighted by Gasteiger charge is 2.37. The predicted octanol–water partition coefficient (Wildman–Crippen LogP) is 0.915. The Kier molecular flexibility index (Phi) is 1.58. The van der Waals surface area contributed by atoms with Crippen molar-refractivity contribution in [2.45, 2.75) is 19.8 Å². The number of H-pyrrole nitrogens is 1. The molecule has 0 bridgehead atoms. The fourth-order valence-electron chi connectivity index (χ4n) is 1.68. The molecule has 0 saturated carbocycles. The van der Waals surface area contributed by atoms with E-state index in [0.29, 0.717) is 11.4 Å². The molecule has 0 aromatic carbocycles. The smallest absolute Gasteiger partial charge is 0.193 e. The summed E-state index contributed by atoms with van der Waals surface area (Å²) in [6.45, 7) is 3.43. The van der Waals surface area contributed by atoms with E-state index in [1.54, 1.807) is 13.8 Å². The average molecular weight is 178 g/mol. The first kappa shape index (κ1) is 8.16. The highest BCUT2D eigenvalue weighted by Crippen LogP contribution is 2.28. The van der Waals surface area contributed by atoms with Crippen LogP contribution in [0.25, 0.3) is 0 Å². The molecule has 13 heavy (non-hydrogen) atoms. The quantitative estimate of drug-likeness (QED) is 0.601. The van der Waals surface area contributed by atoms with Gasteiger partial charge in [0.05, 0.1) is 23.9 Å². The molecule has 0 aliphatic heterocycles. The number of nitrogens with one attached hydrogen (secondary N) is 1. The van der Waals surface area contributed by atoms with E-state index in [2.05, 4.69) is 9.97 Å². The van der Waals surface area contributed by atoms with Gasteiger partial charge in [-0.25, -0.2) is 4.98 Å². The molecular formula is C9H10N2O2. The Morgan fingerprint density at radius 1 is 1.31 bits per heavy atom. The molecule has 1 heterocycles. The van der Waals surface area contributed by atoms with E-state index >= 15 is 0 Å². The Hall–Kier alpha value is -1.45. The lowest BCUT2D eigenvalue weighted by Gasteiger charge is -2.20. The number of imidazole rings is 1. The zero-order chi connectivity index (χ0) is 9.59. The molecule has 4 nitrogen and oxygen atoms in total. The lowest BCUT2D eigenvalue weighted by Crippen LogP contribution is -2.32. The van der Waals surface area contributed by atoms with Crippen LogP contribution >= 0.6 is 0 Å². The summed E-state index contributed by atoms with van der Waals surface area (Å²) in [6, 6.07) is 0. The summed E-state index contributed by atoms with van der Waals surface area (Å²) in [4.78, 5) is 29.8. The second-order valence-electron chi connectivity index (χ2n) is 3.37. The predicted molar refractivity (Wildman–Crippen MR) is 45.5 cm³/mol. The van der Waals surface area contributed by atoms with Crippen molar-refractivity contribution in [2.75, 3.05) is 0 Å². The molecule has 1 aromatic heterocycles. The molecule has 68 valence electrons. The van der Waals surface area contributed by atoms with Crippen LogP contribution in [0, 0.1) is 5.92 Å². The van der Waals surface area contributed by atoms with Crippen molar-refractivity contribution < 1.29 is 9.59 Å².